The van der Waals surface area contributed by atoms with E-state index in [2.05, 4.69) is 0 Å². The van der Waals surface area contributed by atoms with E-state index in [1.165, 1.54) is 18.2 Å². The average Bonchev–Trinajstić information content (AvgIpc) is 2.84. The lowest BCUT2D eigenvalue weighted by molar-refractivity contribution is 0.513. The van der Waals surface area contributed by atoms with Crippen molar-refractivity contribution in [1.82, 2.24) is 0 Å². The molecule has 0 aliphatic carbocycles. The second kappa shape index (κ2) is 10.8. The molecule has 0 spiro atoms. The monoisotopic (exact) mass is 444 g/mol. The molecule has 0 nitrogen and oxygen atoms in total. The summed E-state index contributed by atoms with van der Waals surface area (Å²) in [6, 6.07) is 22.2. The van der Waals surface area contributed by atoms with E-state index in [1.54, 1.807) is 24.3 Å². The lowest BCUT2D eigenvalue weighted by Crippen LogP contribution is -1.95. The van der Waals surface area contributed by atoms with E-state index in [-0.39, 0.29) is 11.1 Å². The third-order valence-corrected chi connectivity index (χ3v) is 5.31. The largest absolute Gasteiger partial charge is 0.206 e. The first kappa shape index (κ1) is 24.1. The predicted molar refractivity (Wildman–Crippen MR) is 133 cm³/mol. The fraction of sp³-hybridized carbons (Fsp3) is 0.133. The van der Waals surface area contributed by atoms with Gasteiger partial charge in [0, 0.05) is 16.7 Å². The molecule has 0 aromatic heterocycles. The van der Waals surface area contributed by atoms with E-state index in [9.17, 15) is 13.2 Å². The van der Waals surface area contributed by atoms with Gasteiger partial charge in [0.15, 0.2) is 11.6 Å². The summed E-state index contributed by atoms with van der Waals surface area (Å²) in [4.78, 5) is 0. The summed E-state index contributed by atoms with van der Waals surface area (Å²) in [5.41, 5.74) is 4.28. The van der Waals surface area contributed by atoms with Crippen LogP contribution in [-0.2, 0) is 0 Å². The van der Waals surface area contributed by atoms with Crippen molar-refractivity contribution >= 4 is 6.08 Å². The summed E-state index contributed by atoms with van der Waals surface area (Å²) in [6.07, 6.45) is 3.84. The van der Waals surface area contributed by atoms with Crippen molar-refractivity contribution in [2.45, 2.75) is 27.7 Å². The van der Waals surface area contributed by atoms with Crippen molar-refractivity contribution in [3.8, 4) is 33.4 Å². The zero-order valence-electron chi connectivity index (χ0n) is 19.3. The van der Waals surface area contributed by atoms with Gasteiger partial charge in [0.25, 0.3) is 0 Å². The van der Waals surface area contributed by atoms with Crippen molar-refractivity contribution in [1.29, 1.82) is 0 Å². The predicted octanol–water partition coefficient (Wildman–Crippen LogP) is 9.47. The van der Waals surface area contributed by atoms with Crippen LogP contribution < -0.4 is 0 Å². The molecule has 0 N–H and O–H groups in total. The molecule has 4 rings (SSSR count). The van der Waals surface area contributed by atoms with Crippen molar-refractivity contribution in [2.75, 3.05) is 0 Å². The fourth-order valence-electron chi connectivity index (χ4n) is 3.61. The molecule has 0 saturated carbocycles. The zero-order valence-corrected chi connectivity index (χ0v) is 19.3. The van der Waals surface area contributed by atoms with Crippen LogP contribution in [-0.4, -0.2) is 0 Å². The topological polar surface area (TPSA) is 0 Å². The summed E-state index contributed by atoms with van der Waals surface area (Å²) >= 11 is 0. The average molecular weight is 445 g/mol. The number of rotatable bonds is 4. The Kier molecular flexibility index (Phi) is 7.89. The molecule has 0 aliphatic rings. The minimum atomic E-state index is -0.988. The summed E-state index contributed by atoms with van der Waals surface area (Å²) in [7, 11) is 0. The van der Waals surface area contributed by atoms with Gasteiger partial charge in [-0.3, -0.25) is 0 Å². The highest BCUT2D eigenvalue weighted by molar-refractivity contribution is 5.75. The number of aryl methyl sites for hydroxylation is 1. The number of halogens is 3. The van der Waals surface area contributed by atoms with E-state index in [1.807, 2.05) is 76.2 Å². The molecule has 0 saturated heterocycles. The number of hydrogen-bond acceptors (Lipinski definition) is 0. The van der Waals surface area contributed by atoms with Crippen LogP contribution in [0.2, 0.25) is 0 Å². The highest BCUT2D eigenvalue weighted by Crippen LogP contribution is 2.34. The van der Waals surface area contributed by atoms with E-state index >= 15 is 0 Å². The molecule has 0 atom stereocenters. The Balaban J connectivity index is 0.00000149. The van der Waals surface area contributed by atoms with Gasteiger partial charge in [0.05, 0.1) is 0 Å². The first-order valence-electron chi connectivity index (χ1n) is 11.1. The summed E-state index contributed by atoms with van der Waals surface area (Å²) in [5.74, 6) is -2.42. The Hall–Kier alpha value is -3.59. The summed E-state index contributed by atoms with van der Waals surface area (Å²) in [5, 5.41) is 0. The van der Waals surface area contributed by atoms with Gasteiger partial charge in [-0.2, -0.15) is 0 Å². The standard InChI is InChI=1S/C28H21F3.C2H6/c1-3-4-19-7-11-21(12-8-19)24-15-16-25(28(31)27(24)30)22-13-14-23(26(29)17-22)20-9-5-18(2)6-10-20;1-2/h3-17H,1-2H3;1-2H3. The Morgan fingerprint density at radius 2 is 1.03 bits per heavy atom. The molecule has 3 heteroatoms. The van der Waals surface area contributed by atoms with Gasteiger partial charge in [-0.25, -0.2) is 13.2 Å². The highest BCUT2D eigenvalue weighted by Gasteiger charge is 2.17. The summed E-state index contributed by atoms with van der Waals surface area (Å²) in [6.45, 7) is 7.87. The Labute approximate surface area is 194 Å². The number of benzene rings is 4. The molecule has 0 bridgehead atoms. The van der Waals surface area contributed by atoms with Crippen molar-refractivity contribution in [2.24, 2.45) is 0 Å². The van der Waals surface area contributed by atoms with E-state index < -0.39 is 17.5 Å². The third-order valence-electron chi connectivity index (χ3n) is 5.31. The van der Waals surface area contributed by atoms with Crippen LogP contribution >= 0.6 is 0 Å². The molecule has 0 fully saturated rings. The van der Waals surface area contributed by atoms with E-state index in [0.29, 0.717) is 16.7 Å². The first-order valence-corrected chi connectivity index (χ1v) is 11.1. The molecular formula is C30H27F3. The SMILES string of the molecule is CC.CC=Cc1ccc(-c2ccc(-c3ccc(-c4ccc(C)cc4)c(F)c3)c(F)c2F)cc1. The molecule has 4 aromatic rings. The lowest BCUT2D eigenvalue weighted by atomic mass is 9.96. The second-order valence-electron chi connectivity index (χ2n) is 7.47. The van der Waals surface area contributed by atoms with Gasteiger partial charge >= 0.3 is 0 Å². The minimum absolute atomic E-state index is 0.0288. The molecule has 33 heavy (non-hydrogen) atoms. The van der Waals surface area contributed by atoms with Gasteiger partial charge in [-0.05, 0) is 42.2 Å². The maximum atomic E-state index is 14.9. The highest BCUT2D eigenvalue weighted by atomic mass is 19.2. The van der Waals surface area contributed by atoms with Gasteiger partial charge in [-0.1, -0.05) is 104 Å². The maximum Gasteiger partial charge on any atom is 0.167 e. The van der Waals surface area contributed by atoms with Gasteiger partial charge in [0.1, 0.15) is 5.82 Å². The van der Waals surface area contributed by atoms with Crippen LogP contribution in [0.5, 0.6) is 0 Å². The van der Waals surface area contributed by atoms with Crippen molar-refractivity contribution in [3.63, 3.8) is 0 Å². The molecular weight excluding hydrogens is 417 g/mol. The molecule has 0 aliphatic heterocycles. The second-order valence-corrected chi connectivity index (χ2v) is 7.47. The normalized spacial score (nSPS) is 10.8. The van der Waals surface area contributed by atoms with Crippen LogP contribution in [0.3, 0.4) is 0 Å². The molecule has 4 aromatic carbocycles. The smallest absolute Gasteiger partial charge is 0.167 e. The first-order chi connectivity index (χ1) is 16.0. The molecule has 0 unspecified atom stereocenters. The van der Waals surface area contributed by atoms with Crippen molar-refractivity contribution < 1.29 is 13.2 Å². The zero-order chi connectivity index (χ0) is 24.0. The van der Waals surface area contributed by atoms with Crippen LogP contribution in [0, 0.1) is 24.4 Å². The molecule has 168 valence electrons. The lowest BCUT2D eigenvalue weighted by Gasteiger charge is -2.11. The van der Waals surface area contributed by atoms with E-state index in [4.69, 9.17) is 0 Å². The molecule has 0 amide bonds. The Morgan fingerprint density at radius 1 is 0.576 bits per heavy atom. The molecule has 0 radical (unpaired) electrons. The van der Waals surface area contributed by atoms with Crippen LogP contribution in [0.15, 0.2) is 84.9 Å². The number of allylic oxidation sites excluding steroid dienone is 1. The van der Waals surface area contributed by atoms with Gasteiger partial charge in [0.2, 0.25) is 0 Å². The maximum absolute atomic E-state index is 14.9. The Bertz CT molecular complexity index is 1250. The van der Waals surface area contributed by atoms with Crippen molar-refractivity contribution in [3.05, 3.63) is 114 Å². The minimum Gasteiger partial charge on any atom is -0.206 e. The quantitative estimate of drug-likeness (QED) is 0.294. The van der Waals surface area contributed by atoms with Crippen LogP contribution in [0.25, 0.3) is 39.5 Å². The van der Waals surface area contributed by atoms with Gasteiger partial charge in [-0.15, -0.1) is 0 Å². The van der Waals surface area contributed by atoms with E-state index in [0.717, 1.165) is 16.7 Å². The van der Waals surface area contributed by atoms with Crippen LogP contribution in [0.1, 0.15) is 31.9 Å². The van der Waals surface area contributed by atoms with Crippen LogP contribution in [0.4, 0.5) is 13.2 Å². The fourth-order valence-corrected chi connectivity index (χ4v) is 3.61. The number of hydrogen-bond donors (Lipinski definition) is 0. The molecule has 0 heterocycles. The third kappa shape index (κ3) is 5.25. The van der Waals surface area contributed by atoms with Gasteiger partial charge < -0.3 is 0 Å². The summed E-state index contributed by atoms with van der Waals surface area (Å²) < 4.78 is 44.6. The Morgan fingerprint density at radius 3 is 1.58 bits per heavy atom.